The summed E-state index contributed by atoms with van der Waals surface area (Å²) in [5, 5.41) is 10.2. The molecule has 0 aliphatic carbocycles. The van der Waals surface area contributed by atoms with Crippen LogP contribution in [0, 0.1) is 0 Å². The molecule has 2 heteroatoms. The summed E-state index contributed by atoms with van der Waals surface area (Å²) in [6.45, 7) is 2.26. The molecule has 0 saturated heterocycles. The van der Waals surface area contributed by atoms with Crippen molar-refractivity contribution >= 4 is 65.7 Å². The number of nitrogens with zero attached hydrogens (tertiary/aromatic N) is 1. The maximum atomic E-state index is 4.31. The number of hydrogen-bond acceptors (Lipinski definition) is 1. The molecular weight excluding hydrogens is 729 g/mol. The minimum Gasteiger partial charge on any atom is -0.264 e. The van der Waals surface area contributed by atoms with Gasteiger partial charge in [-0.15, -0.1) is 0 Å². The normalized spacial score (nSPS) is 12.2. The molecule has 0 aliphatic rings. The van der Waals surface area contributed by atoms with Crippen LogP contribution in [-0.4, -0.2) is 4.98 Å². The molecule has 1 nitrogen and oxygen atoms in total. The molecule has 51 heavy (non-hydrogen) atoms. The Morgan fingerprint density at radius 2 is 1.04 bits per heavy atom. The number of benzene rings is 8. The molecule has 0 spiro atoms. The number of aromatic nitrogens is 1. The van der Waals surface area contributed by atoms with Gasteiger partial charge in [-0.1, -0.05) is 182 Å². The van der Waals surface area contributed by atoms with E-state index in [0.717, 1.165) is 5.56 Å². The summed E-state index contributed by atoms with van der Waals surface area (Å²) in [6, 6.07) is 58.5. The third-order valence-corrected chi connectivity index (χ3v) is 11.7. The summed E-state index contributed by atoms with van der Waals surface area (Å²) >= 11 is 2.59. The SMILES string of the molecule is CCCC(I)c1ccc2cc(-c3c4ccccc4c(-c4cccc5c(-c6ccc(-c7cccnc7)cc6)cccc45)c4ccccc34)ccc2c1. The molecule has 244 valence electrons. The van der Waals surface area contributed by atoms with Crippen LogP contribution in [0.4, 0.5) is 0 Å². The smallest absolute Gasteiger partial charge is 0.0359 e. The summed E-state index contributed by atoms with van der Waals surface area (Å²) in [5.74, 6) is 0. The number of pyridine rings is 1. The van der Waals surface area contributed by atoms with Gasteiger partial charge in [0.25, 0.3) is 0 Å². The molecule has 8 aromatic carbocycles. The molecule has 0 aliphatic heterocycles. The monoisotopic (exact) mass is 765 g/mol. The number of hydrogen-bond donors (Lipinski definition) is 0. The van der Waals surface area contributed by atoms with E-state index in [1.54, 1.807) is 0 Å². The van der Waals surface area contributed by atoms with Gasteiger partial charge in [-0.25, -0.2) is 0 Å². The van der Waals surface area contributed by atoms with Gasteiger partial charge >= 0.3 is 0 Å². The Morgan fingerprint density at radius 3 is 1.71 bits per heavy atom. The molecule has 0 fully saturated rings. The lowest BCUT2D eigenvalue weighted by molar-refractivity contribution is 0.800. The van der Waals surface area contributed by atoms with Gasteiger partial charge in [0.1, 0.15) is 0 Å². The minimum absolute atomic E-state index is 0.542. The van der Waals surface area contributed by atoms with Crippen molar-refractivity contribution < 1.29 is 0 Å². The molecular formula is C49H36IN. The highest BCUT2D eigenvalue weighted by Crippen LogP contribution is 2.46. The predicted octanol–water partition coefficient (Wildman–Crippen LogP) is 14.6. The summed E-state index contributed by atoms with van der Waals surface area (Å²) in [4.78, 5) is 4.31. The van der Waals surface area contributed by atoms with Crippen molar-refractivity contribution in [2.45, 2.75) is 23.7 Å². The van der Waals surface area contributed by atoms with Crippen molar-refractivity contribution in [2.24, 2.45) is 0 Å². The zero-order valence-corrected chi connectivity index (χ0v) is 30.6. The second-order valence-corrected chi connectivity index (χ2v) is 14.9. The van der Waals surface area contributed by atoms with E-state index in [1.165, 1.54) is 100 Å². The molecule has 1 atom stereocenters. The minimum atomic E-state index is 0.542. The van der Waals surface area contributed by atoms with E-state index in [9.17, 15) is 0 Å². The molecule has 1 unspecified atom stereocenters. The average molecular weight is 766 g/mol. The fourth-order valence-corrected chi connectivity index (χ4v) is 8.93. The standard InChI is InChI=1S/C49H36IN/c1-2-10-47(50)36-26-24-35-30-37(27-25-34(35)29-36)48-43-12-3-5-14-45(43)49(46-15-6-4-13-44(46)48)42-19-8-17-40-39(16-7-18-41(40)42)33-22-20-32(21-23-33)38-11-9-28-51-31-38/h3-9,11-31,47H,2,10H2,1H3. The molecule has 0 amide bonds. The Labute approximate surface area is 312 Å². The molecule has 9 rings (SSSR count). The van der Waals surface area contributed by atoms with E-state index < -0.39 is 0 Å². The van der Waals surface area contributed by atoms with Gasteiger partial charge in [0, 0.05) is 16.3 Å². The van der Waals surface area contributed by atoms with E-state index in [0.29, 0.717) is 3.92 Å². The van der Waals surface area contributed by atoms with Crippen molar-refractivity contribution in [1.29, 1.82) is 0 Å². The highest BCUT2D eigenvalue weighted by Gasteiger charge is 2.19. The molecule has 0 N–H and O–H groups in total. The van der Waals surface area contributed by atoms with Crippen molar-refractivity contribution in [2.75, 3.05) is 0 Å². The molecule has 0 bridgehead atoms. The summed E-state index contributed by atoms with van der Waals surface area (Å²) in [7, 11) is 0. The second-order valence-electron chi connectivity index (χ2n) is 13.4. The number of fused-ring (bicyclic) bond motifs is 4. The molecule has 9 aromatic rings. The Kier molecular flexibility index (Phi) is 8.33. The summed E-state index contributed by atoms with van der Waals surface area (Å²) in [5.41, 5.74) is 11.2. The maximum Gasteiger partial charge on any atom is 0.0359 e. The van der Waals surface area contributed by atoms with Crippen molar-refractivity contribution in [3.63, 3.8) is 0 Å². The van der Waals surface area contributed by atoms with E-state index in [-0.39, 0.29) is 0 Å². The lowest BCUT2D eigenvalue weighted by Crippen LogP contribution is -1.92. The summed E-state index contributed by atoms with van der Waals surface area (Å²) < 4.78 is 0.542. The van der Waals surface area contributed by atoms with E-state index in [2.05, 4.69) is 186 Å². The molecule has 0 radical (unpaired) electrons. The van der Waals surface area contributed by atoms with Crippen LogP contribution in [-0.2, 0) is 0 Å². The number of rotatable bonds is 7. The zero-order valence-electron chi connectivity index (χ0n) is 28.5. The molecule has 1 heterocycles. The third-order valence-electron chi connectivity index (χ3n) is 10.4. The second kappa shape index (κ2) is 13.4. The number of halogens is 1. The van der Waals surface area contributed by atoms with E-state index >= 15 is 0 Å². The highest BCUT2D eigenvalue weighted by molar-refractivity contribution is 14.1. The van der Waals surface area contributed by atoms with Gasteiger partial charge in [0.05, 0.1) is 0 Å². The molecule has 1 aromatic heterocycles. The van der Waals surface area contributed by atoms with Gasteiger partial charge in [0.15, 0.2) is 0 Å². The van der Waals surface area contributed by atoms with Crippen molar-refractivity contribution in [3.8, 4) is 44.5 Å². The Bertz CT molecular complexity index is 2650. The van der Waals surface area contributed by atoms with Crippen LogP contribution >= 0.6 is 22.6 Å². The largest absolute Gasteiger partial charge is 0.264 e. The van der Waals surface area contributed by atoms with Gasteiger partial charge in [-0.05, 0) is 112 Å². The quantitative estimate of drug-likeness (QED) is 0.0895. The Morgan fingerprint density at radius 1 is 0.471 bits per heavy atom. The van der Waals surface area contributed by atoms with Crippen LogP contribution in [0.2, 0.25) is 0 Å². The first-order valence-electron chi connectivity index (χ1n) is 17.8. The van der Waals surface area contributed by atoms with Crippen LogP contribution in [0.25, 0.3) is 87.6 Å². The first kappa shape index (κ1) is 31.6. The first-order valence-corrected chi connectivity index (χ1v) is 19.1. The van der Waals surface area contributed by atoms with E-state index in [4.69, 9.17) is 0 Å². The maximum absolute atomic E-state index is 4.31. The average Bonchev–Trinajstić information content (AvgIpc) is 3.19. The first-order chi connectivity index (χ1) is 25.2. The van der Waals surface area contributed by atoms with Crippen LogP contribution < -0.4 is 0 Å². The van der Waals surface area contributed by atoms with Gasteiger partial charge in [0.2, 0.25) is 0 Å². The van der Waals surface area contributed by atoms with Crippen LogP contribution in [0.5, 0.6) is 0 Å². The van der Waals surface area contributed by atoms with Crippen molar-refractivity contribution in [1.82, 2.24) is 4.98 Å². The summed E-state index contributed by atoms with van der Waals surface area (Å²) in [6.07, 6.45) is 6.13. The van der Waals surface area contributed by atoms with Gasteiger partial charge < -0.3 is 0 Å². The van der Waals surface area contributed by atoms with Gasteiger partial charge in [-0.3, -0.25) is 4.98 Å². The third kappa shape index (κ3) is 5.68. The fraction of sp³-hybridized carbons (Fsp3) is 0.0816. The lowest BCUT2D eigenvalue weighted by Gasteiger charge is -2.19. The van der Waals surface area contributed by atoms with E-state index in [1.807, 2.05) is 18.5 Å². The molecule has 0 saturated carbocycles. The predicted molar refractivity (Wildman–Crippen MR) is 228 cm³/mol. The van der Waals surface area contributed by atoms with Crippen LogP contribution in [0.1, 0.15) is 29.3 Å². The van der Waals surface area contributed by atoms with Crippen molar-refractivity contribution in [3.05, 3.63) is 176 Å². The zero-order chi connectivity index (χ0) is 34.3. The Hall–Kier alpha value is -5.32. The highest BCUT2D eigenvalue weighted by atomic mass is 127. The Balaban J connectivity index is 1.22. The topological polar surface area (TPSA) is 12.9 Å². The van der Waals surface area contributed by atoms with Crippen LogP contribution in [0.3, 0.4) is 0 Å². The van der Waals surface area contributed by atoms with Crippen LogP contribution in [0.15, 0.2) is 170 Å². The number of alkyl halides is 1. The lowest BCUT2D eigenvalue weighted by atomic mass is 9.84. The van der Waals surface area contributed by atoms with Gasteiger partial charge in [-0.2, -0.15) is 0 Å². The fourth-order valence-electron chi connectivity index (χ4n) is 7.92.